The molecule has 0 bridgehead atoms. The van der Waals surface area contributed by atoms with E-state index in [1.54, 1.807) is 7.11 Å². The zero-order valence-corrected chi connectivity index (χ0v) is 9.28. The van der Waals surface area contributed by atoms with Gasteiger partial charge in [-0.25, -0.2) is 0 Å². The second-order valence-corrected chi connectivity index (χ2v) is 4.44. The monoisotopic (exact) mass is 205 g/mol. The third kappa shape index (κ3) is 1.80. The van der Waals surface area contributed by atoms with Gasteiger partial charge < -0.3 is 10.5 Å². The van der Waals surface area contributed by atoms with E-state index < -0.39 is 0 Å². The summed E-state index contributed by atoms with van der Waals surface area (Å²) < 4.78 is 5.18. The van der Waals surface area contributed by atoms with Gasteiger partial charge in [-0.3, -0.25) is 0 Å². The predicted octanol–water partition coefficient (Wildman–Crippen LogP) is 2.08. The minimum atomic E-state index is 0.124. The van der Waals surface area contributed by atoms with Crippen molar-refractivity contribution in [1.82, 2.24) is 0 Å². The molecule has 1 aliphatic rings. The highest BCUT2D eigenvalue weighted by molar-refractivity contribution is 5.30. The molecule has 0 heterocycles. The van der Waals surface area contributed by atoms with Gasteiger partial charge in [0.25, 0.3) is 0 Å². The summed E-state index contributed by atoms with van der Waals surface area (Å²) in [6.45, 7) is 0.648. The molecule has 1 saturated carbocycles. The first-order valence-corrected chi connectivity index (χ1v) is 5.59. The summed E-state index contributed by atoms with van der Waals surface area (Å²) in [6, 6.07) is 10.7. The van der Waals surface area contributed by atoms with Crippen LogP contribution in [0, 0.1) is 0 Å². The highest BCUT2D eigenvalue weighted by Gasteiger charge is 2.43. The van der Waals surface area contributed by atoms with Crippen molar-refractivity contribution in [3.63, 3.8) is 0 Å². The van der Waals surface area contributed by atoms with E-state index in [0.29, 0.717) is 6.61 Å². The maximum atomic E-state index is 6.23. The molecule has 0 radical (unpaired) electrons. The van der Waals surface area contributed by atoms with E-state index in [1.165, 1.54) is 24.8 Å². The van der Waals surface area contributed by atoms with Crippen molar-refractivity contribution < 1.29 is 4.74 Å². The van der Waals surface area contributed by atoms with Crippen molar-refractivity contribution >= 4 is 0 Å². The van der Waals surface area contributed by atoms with E-state index in [-0.39, 0.29) is 11.5 Å². The molecule has 0 amide bonds. The molecule has 0 saturated heterocycles. The van der Waals surface area contributed by atoms with Gasteiger partial charge in [-0.15, -0.1) is 0 Å². The lowest BCUT2D eigenvalue weighted by Crippen LogP contribution is -2.52. The van der Waals surface area contributed by atoms with Crippen LogP contribution in [0.5, 0.6) is 0 Å². The molecule has 0 aliphatic heterocycles. The van der Waals surface area contributed by atoms with Gasteiger partial charge in [-0.2, -0.15) is 0 Å². The number of nitrogens with two attached hydrogens (primary N) is 1. The predicted molar refractivity (Wildman–Crippen MR) is 61.8 cm³/mol. The molecule has 1 aromatic rings. The van der Waals surface area contributed by atoms with Crippen molar-refractivity contribution in [1.29, 1.82) is 0 Å². The van der Waals surface area contributed by atoms with Gasteiger partial charge in [0, 0.05) is 18.6 Å². The molecule has 1 atom stereocenters. The number of rotatable bonds is 4. The number of hydrogen-bond donors (Lipinski definition) is 1. The van der Waals surface area contributed by atoms with Gasteiger partial charge in [0.05, 0.1) is 6.61 Å². The normalized spacial score (nSPS) is 20.7. The van der Waals surface area contributed by atoms with Crippen LogP contribution in [0.25, 0.3) is 0 Å². The van der Waals surface area contributed by atoms with Crippen LogP contribution < -0.4 is 5.73 Å². The average Bonchev–Trinajstić information content (AvgIpc) is 2.18. The second-order valence-electron chi connectivity index (χ2n) is 4.44. The van der Waals surface area contributed by atoms with Gasteiger partial charge in [0.1, 0.15) is 0 Å². The minimum Gasteiger partial charge on any atom is -0.383 e. The highest BCUT2D eigenvalue weighted by atomic mass is 16.5. The zero-order valence-electron chi connectivity index (χ0n) is 9.28. The van der Waals surface area contributed by atoms with Crippen LogP contribution in [0.15, 0.2) is 30.3 Å². The first kappa shape index (κ1) is 10.7. The topological polar surface area (TPSA) is 35.2 Å². The number of ether oxygens (including phenoxy) is 1. The molecule has 2 nitrogen and oxygen atoms in total. The summed E-state index contributed by atoms with van der Waals surface area (Å²) in [4.78, 5) is 0. The fourth-order valence-electron chi connectivity index (χ4n) is 2.54. The summed E-state index contributed by atoms with van der Waals surface area (Å²) >= 11 is 0. The molecule has 82 valence electrons. The molecule has 2 rings (SSSR count). The Kier molecular flexibility index (Phi) is 3.08. The van der Waals surface area contributed by atoms with Crippen LogP contribution >= 0.6 is 0 Å². The Morgan fingerprint density at radius 3 is 2.47 bits per heavy atom. The van der Waals surface area contributed by atoms with Crippen molar-refractivity contribution in [2.24, 2.45) is 5.73 Å². The quantitative estimate of drug-likeness (QED) is 0.816. The molecule has 1 aliphatic carbocycles. The number of methoxy groups -OCH3 is 1. The lowest BCUT2D eigenvalue weighted by Gasteiger charge is -2.46. The smallest absolute Gasteiger partial charge is 0.0622 e. The number of benzene rings is 1. The summed E-state index contributed by atoms with van der Waals surface area (Å²) in [5.74, 6) is 0. The maximum absolute atomic E-state index is 6.23. The van der Waals surface area contributed by atoms with Crippen molar-refractivity contribution in [3.8, 4) is 0 Å². The van der Waals surface area contributed by atoms with Crippen molar-refractivity contribution in [3.05, 3.63) is 35.9 Å². The molecule has 1 aromatic carbocycles. The summed E-state index contributed by atoms with van der Waals surface area (Å²) in [6.07, 6.45) is 3.68. The van der Waals surface area contributed by atoms with Crippen LogP contribution in [0.2, 0.25) is 0 Å². The largest absolute Gasteiger partial charge is 0.383 e. The SMILES string of the molecule is COCC(N)C1(c2ccccc2)CCC1. The van der Waals surface area contributed by atoms with E-state index in [1.807, 2.05) is 0 Å². The van der Waals surface area contributed by atoms with E-state index in [0.717, 1.165) is 0 Å². The van der Waals surface area contributed by atoms with E-state index >= 15 is 0 Å². The molecular weight excluding hydrogens is 186 g/mol. The minimum absolute atomic E-state index is 0.124. The third-order valence-electron chi connectivity index (χ3n) is 3.65. The third-order valence-corrected chi connectivity index (χ3v) is 3.65. The Morgan fingerprint density at radius 1 is 1.33 bits per heavy atom. The van der Waals surface area contributed by atoms with Gasteiger partial charge in [-0.1, -0.05) is 36.8 Å². The van der Waals surface area contributed by atoms with Gasteiger partial charge in [0.2, 0.25) is 0 Å². The first-order valence-electron chi connectivity index (χ1n) is 5.59. The van der Waals surface area contributed by atoms with Gasteiger partial charge >= 0.3 is 0 Å². The molecule has 0 spiro atoms. The molecule has 1 fully saturated rings. The molecule has 2 N–H and O–H groups in total. The highest BCUT2D eigenvalue weighted by Crippen LogP contribution is 2.45. The van der Waals surface area contributed by atoms with Crippen LogP contribution in [0.1, 0.15) is 24.8 Å². The molecule has 1 unspecified atom stereocenters. The molecular formula is C13H19NO. The first-order chi connectivity index (χ1) is 7.29. The Labute approximate surface area is 91.4 Å². The fourth-order valence-corrected chi connectivity index (χ4v) is 2.54. The average molecular weight is 205 g/mol. The van der Waals surface area contributed by atoms with Gasteiger partial charge in [-0.05, 0) is 18.4 Å². The van der Waals surface area contributed by atoms with Crippen LogP contribution in [0.4, 0.5) is 0 Å². The summed E-state index contributed by atoms with van der Waals surface area (Å²) in [5.41, 5.74) is 7.79. The van der Waals surface area contributed by atoms with E-state index in [2.05, 4.69) is 30.3 Å². The lowest BCUT2D eigenvalue weighted by atomic mass is 9.60. The Balaban J connectivity index is 2.22. The van der Waals surface area contributed by atoms with Crippen LogP contribution in [-0.4, -0.2) is 19.8 Å². The van der Waals surface area contributed by atoms with Crippen LogP contribution in [-0.2, 0) is 10.2 Å². The van der Waals surface area contributed by atoms with Crippen molar-refractivity contribution in [2.75, 3.05) is 13.7 Å². The van der Waals surface area contributed by atoms with E-state index in [4.69, 9.17) is 10.5 Å². The maximum Gasteiger partial charge on any atom is 0.0622 e. The standard InChI is InChI=1S/C13H19NO/c1-15-10-12(14)13(8-5-9-13)11-6-3-2-4-7-11/h2-4,6-7,12H,5,8-10,14H2,1H3. The molecule has 2 heteroatoms. The van der Waals surface area contributed by atoms with E-state index in [9.17, 15) is 0 Å². The lowest BCUT2D eigenvalue weighted by molar-refractivity contribution is 0.104. The second kappa shape index (κ2) is 4.33. The Morgan fingerprint density at radius 2 is 2.00 bits per heavy atom. The Bertz CT molecular complexity index is 306. The molecule has 0 aromatic heterocycles. The van der Waals surface area contributed by atoms with Crippen molar-refractivity contribution in [2.45, 2.75) is 30.7 Å². The summed E-state index contributed by atoms with van der Waals surface area (Å²) in [7, 11) is 1.72. The number of hydrogen-bond acceptors (Lipinski definition) is 2. The Hall–Kier alpha value is -0.860. The zero-order chi connectivity index (χ0) is 10.7. The van der Waals surface area contributed by atoms with Crippen LogP contribution in [0.3, 0.4) is 0 Å². The summed E-state index contributed by atoms with van der Waals surface area (Å²) in [5, 5.41) is 0. The molecule has 15 heavy (non-hydrogen) atoms. The fraction of sp³-hybridized carbons (Fsp3) is 0.538. The van der Waals surface area contributed by atoms with Gasteiger partial charge in [0.15, 0.2) is 0 Å².